The number of allylic oxidation sites excluding steroid dienone is 3. The number of hydrogen-bond donors (Lipinski definition) is 1. The van der Waals surface area contributed by atoms with Crippen LogP contribution >= 0.6 is 0 Å². The summed E-state index contributed by atoms with van der Waals surface area (Å²) in [4.78, 5) is 11.8. The van der Waals surface area contributed by atoms with Gasteiger partial charge in [-0.1, -0.05) is 36.9 Å². The van der Waals surface area contributed by atoms with Crippen molar-refractivity contribution in [2.45, 2.75) is 26.2 Å². The largest absolute Gasteiger partial charge is 0.326 e. The Morgan fingerprint density at radius 2 is 2.29 bits per heavy atom. The quantitative estimate of drug-likeness (QED) is 0.769. The van der Waals surface area contributed by atoms with Crippen LogP contribution in [-0.2, 0) is 4.79 Å². The number of amides is 1. The number of para-hydroxylation sites is 1. The molecular formula is C15H17NO. The molecule has 1 N–H and O–H groups in total. The van der Waals surface area contributed by atoms with Crippen LogP contribution in [0.3, 0.4) is 0 Å². The fraction of sp³-hybridized carbons (Fsp3) is 0.267. The maximum absolute atomic E-state index is 11.8. The fourth-order valence-corrected chi connectivity index (χ4v) is 2.40. The highest BCUT2D eigenvalue weighted by Crippen LogP contribution is 2.38. The van der Waals surface area contributed by atoms with Crippen molar-refractivity contribution in [1.29, 1.82) is 0 Å². The predicted octanol–water partition coefficient (Wildman–Crippen LogP) is 3.55. The minimum absolute atomic E-state index is 0.0815. The van der Waals surface area contributed by atoms with Gasteiger partial charge in [-0.2, -0.15) is 0 Å². The molecule has 88 valence electrons. The summed E-state index contributed by atoms with van der Waals surface area (Å²) in [5.41, 5.74) is 4.39. The highest BCUT2D eigenvalue weighted by Gasteiger charge is 2.27. The van der Waals surface area contributed by atoms with Gasteiger partial charge in [0.05, 0.1) is 0 Å². The van der Waals surface area contributed by atoms with Crippen molar-refractivity contribution in [1.82, 2.24) is 0 Å². The standard InChI is InChI=1S/C15H17NO/c1-4-11(5-2)13-9-14(17)16-15-10(3)7-6-8-12(13)15/h4-8,13H,1,9H2,2-3H3,(H,16,17)/b11-5+. The Morgan fingerprint density at radius 1 is 1.53 bits per heavy atom. The molecule has 0 saturated heterocycles. The van der Waals surface area contributed by atoms with Gasteiger partial charge in [-0.05, 0) is 30.5 Å². The number of anilines is 1. The van der Waals surface area contributed by atoms with Crippen LogP contribution in [0.2, 0.25) is 0 Å². The number of hydrogen-bond acceptors (Lipinski definition) is 1. The van der Waals surface area contributed by atoms with E-state index in [2.05, 4.69) is 18.0 Å². The highest BCUT2D eigenvalue weighted by atomic mass is 16.1. The van der Waals surface area contributed by atoms with Gasteiger partial charge >= 0.3 is 0 Å². The molecule has 1 atom stereocenters. The van der Waals surface area contributed by atoms with Crippen molar-refractivity contribution in [2.24, 2.45) is 0 Å². The summed E-state index contributed by atoms with van der Waals surface area (Å²) in [6, 6.07) is 6.14. The van der Waals surface area contributed by atoms with Crippen LogP contribution in [0.1, 0.15) is 30.4 Å². The molecule has 0 aliphatic carbocycles. The molecule has 0 radical (unpaired) electrons. The summed E-state index contributed by atoms with van der Waals surface area (Å²) in [7, 11) is 0. The number of aryl methyl sites for hydroxylation is 1. The van der Waals surface area contributed by atoms with Gasteiger partial charge in [0.1, 0.15) is 0 Å². The summed E-state index contributed by atoms with van der Waals surface area (Å²) < 4.78 is 0. The minimum atomic E-state index is 0.0815. The van der Waals surface area contributed by atoms with E-state index in [-0.39, 0.29) is 11.8 Å². The number of benzene rings is 1. The van der Waals surface area contributed by atoms with E-state index in [4.69, 9.17) is 0 Å². The SMILES string of the molecule is C=C/C(=C\C)C1CC(=O)Nc2c(C)cccc21. The van der Waals surface area contributed by atoms with E-state index in [0.717, 1.165) is 16.8 Å². The smallest absolute Gasteiger partial charge is 0.225 e. The second-order valence-corrected chi connectivity index (χ2v) is 4.34. The maximum Gasteiger partial charge on any atom is 0.225 e. The molecule has 1 aromatic rings. The molecule has 0 spiro atoms. The monoisotopic (exact) mass is 227 g/mol. The lowest BCUT2D eigenvalue weighted by Gasteiger charge is -2.27. The van der Waals surface area contributed by atoms with Crippen molar-refractivity contribution < 1.29 is 4.79 Å². The molecule has 17 heavy (non-hydrogen) atoms. The average Bonchev–Trinajstić information content (AvgIpc) is 2.32. The van der Waals surface area contributed by atoms with Crippen molar-refractivity contribution in [2.75, 3.05) is 5.32 Å². The Morgan fingerprint density at radius 3 is 2.94 bits per heavy atom. The zero-order valence-electron chi connectivity index (χ0n) is 10.3. The van der Waals surface area contributed by atoms with Gasteiger partial charge in [0.2, 0.25) is 5.91 Å². The lowest BCUT2D eigenvalue weighted by atomic mass is 9.83. The molecular weight excluding hydrogens is 210 g/mol. The van der Waals surface area contributed by atoms with E-state index in [1.54, 1.807) is 0 Å². The molecule has 1 heterocycles. The number of carbonyl (C=O) groups is 1. The molecule has 1 unspecified atom stereocenters. The maximum atomic E-state index is 11.8. The first-order valence-electron chi connectivity index (χ1n) is 5.85. The van der Waals surface area contributed by atoms with Crippen LogP contribution in [0.15, 0.2) is 42.5 Å². The van der Waals surface area contributed by atoms with Crippen LogP contribution < -0.4 is 5.32 Å². The number of carbonyl (C=O) groups excluding carboxylic acids is 1. The Bertz CT molecular complexity index is 500. The molecule has 1 aromatic carbocycles. The normalized spacial score (nSPS) is 19.5. The van der Waals surface area contributed by atoms with Crippen molar-refractivity contribution >= 4 is 11.6 Å². The molecule has 2 nitrogen and oxygen atoms in total. The van der Waals surface area contributed by atoms with Crippen molar-refractivity contribution in [3.63, 3.8) is 0 Å². The van der Waals surface area contributed by atoms with Gasteiger partial charge in [-0.3, -0.25) is 4.79 Å². The first kappa shape index (κ1) is 11.6. The Balaban J connectivity index is 2.55. The third-order valence-electron chi connectivity index (χ3n) is 3.31. The van der Waals surface area contributed by atoms with Crippen LogP contribution in [0.5, 0.6) is 0 Å². The van der Waals surface area contributed by atoms with E-state index in [1.165, 1.54) is 5.56 Å². The molecule has 0 fully saturated rings. The lowest BCUT2D eigenvalue weighted by molar-refractivity contribution is -0.116. The summed E-state index contributed by atoms with van der Waals surface area (Å²) in [6.45, 7) is 7.83. The predicted molar refractivity (Wildman–Crippen MR) is 71.1 cm³/mol. The average molecular weight is 227 g/mol. The Hall–Kier alpha value is -1.83. The summed E-state index contributed by atoms with van der Waals surface area (Å²) in [5.74, 6) is 0.221. The van der Waals surface area contributed by atoms with Gasteiger partial charge in [0, 0.05) is 18.0 Å². The highest BCUT2D eigenvalue weighted by molar-refractivity contribution is 5.96. The minimum Gasteiger partial charge on any atom is -0.326 e. The molecule has 1 aliphatic heterocycles. The number of rotatable bonds is 2. The third kappa shape index (κ3) is 2.03. The second kappa shape index (κ2) is 4.58. The van der Waals surface area contributed by atoms with Crippen LogP contribution in [0, 0.1) is 6.92 Å². The Kier molecular flexibility index (Phi) is 3.14. The summed E-state index contributed by atoms with van der Waals surface area (Å²) in [5, 5.41) is 2.96. The lowest BCUT2D eigenvalue weighted by Crippen LogP contribution is -2.24. The van der Waals surface area contributed by atoms with Crippen LogP contribution in [0.4, 0.5) is 5.69 Å². The molecule has 1 aliphatic rings. The number of fused-ring (bicyclic) bond motifs is 1. The second-order valence-electron chi connectivity index (χ2n) is 4.34. The zero-order valence-corrected chi connectivity index (χ0v) is 10.3. The van der Waals surface area contributed by atoms with Gasteiger partial charge in [-0.25, -0.2) is 0 Å². The molecule has 2 heteroatoms. The molecule has 1 amide bonds. The first-order chi connectivity index (χ1) is 8.17. The van der Waals surface area contributed by atoms with Gasteiger partial charge < -0.3 is 5.32 Å². The molecule has 0 aromatic heterocycles. The van der Waals surface area contributed by atoms with E-state index >= 15 is 0 Å². The fourth-order valence-electron chi connectivity index (χ4n) is 2.40. The summed E-state index contributed by atoms with van der Waals surface area (Å²) in [6.07, 6.45) is 4.37. The van der Waals surface area contributed by atoms with Gasteiger partial charge in [-0.15, -0.1) is 0 Å². The van der Waals surface area contributed by atoms with E-state index < -0.39 is 0 Å². The summed E-state index contributed by atoms with van der Waals surface area (Å²) >= 11 is 0. The van der Waals surface area contributed by atoms with E-state index in [9.17, 15) is 4.79 Å². The number of nitrogens with one attached hydrogen (secondary N) is 1. The van der Waals surface area contributed by atoms with Crippen molar-refractivity contribution in [3.8, 4) is 0 Å². The molecule has 2 rings (SSSR count). The topological polar surface area (TPSA) is 29.1 Å². The van der Waals surface area contributed by atoms with Gasteiger partial charge in [0.15, 0.2) is 0 Å². The third-order valence-corrected chi connectivity index (χ3v) is 3.31. The molecule has 0 bridgehead atoms. The van der Waals surface area contributed by atoms with Gasteiger partial charge in [0.25, 0.3) is 0 Å². The van der Waals surface area contributed by atoms with E-state index in [0.29, 0.717) is 6.42 Å². The van der Waals surface area contributed by atoms with Crippen LogP contribution in [-0.4, -0.2) is 5.91 Å². The van der Waals surface area contributed by atoms with Crippen molar-refractivity contribution in [3.05, 3.63) is 53.6 Å². The molecule has 0 saturated carbocycles. The Labute approximate surface area is 102 Å². The first-order valence-corrected chi connectivity index (χ1v) is 5.85. The zero-order chi connectivity index (χ0) is 12.4. The van der Waals surface area contributed by atoms with Crippen LogP contribution in [0.25, 0.3) is 0 Å². The van der Waals surface area contributed by atoms with E-state index in [1.807, 2.05) is 38.1 Å².